The Hall–Kier alpha value is -3.89. The fourth-order valence-electron chi connectivity index (χ4n) is 4.73. The van der Waals surface area contributed by atoms with Crippen molar-refractivity contribution in [3.8, 4) is 0 Å². The SMILES string of the molecule is C=NOC(CCC1=C/C=C/CN(C2C=CC(F)=CC2)/C(CCCCC(O)O)=N\C=C\1)c1nc2ccc(F)cc2[nH]1. The van der Waals surface area contributed by atoms with Gasteiger partial charge in [0, 0.05) is 25.9 Å². The van der Waals surface area contributed by atoms with Crippen LogP contribution >= 0.6 is 0 Å². The van der Waals surface area contributed by atoms with E-state index >= 15 is 0 Å². The highest BCUT2D eigenvalue weighted by molar-refractivity contribution is 5.83. The zero-order valence-corrected chi connectivity index (χ0v) is 22.3. The summed E-state index contributed by atoms with van der Waals surface area (Å²) >= 11 is 0. The van der Waals surface area contributed by atoms with Crippen molar-refractivity contribution in [1.82, 2.24) is 14.9 Å². The molecule has 2 aliphatic rings. The van der Waals surface area contributed by atoms with Crippen LogP contribution in [-0.4, -0.2) is 56.5 Å². The first kappa shape index (κ1) is 29.1. The van der Waals surface area contributed by atoms with Crippen molar-refractivity contribution >= 4 is 23.6 Å². The average molecular weight is 552 g/mol. The van der Waals surface area contributed by atoms with Crippen molar-refractivity contribution in [2.75, 3.05) is 6.54 Å². The molecule has 1 aromatic heterocycles. The molecule has 2 atom stereocenters. The van der Waals surface area contributed by atoms with Crippen LogP contribution < -0.4 is 0 Å². The van der Waals surface area contributed by atoms with Gasteiger partial charge < -0.3 is 24.9 Å². The zero-order chi connectivity index (χ0) is 28.3. The summed E-state index contributed by atoms with van der Waals surface area (Å²) in [6.07, 6.45) is 16.9. The number of H-pyrrole nitrogens is 1. The number of unbranched alkanes of at least 4 members (excludes halogenated alkanes) is 1. The number of aromatic nitrogens is 2. The summed E-state index contributed by atoms with van der Waals surface area (Å²) in [5.74, 6) is 0.812. The Morgan fingerprint density at radius 2 is 2.05 bits per heavy atom. The van der Waals surface area contributed by atoms with Gasteiger partial charge in [-0.15, -0.1) is 5.16 Å². The van der Waals surface area contributed by atoms with Gasteiger partial charge in [-0.2, -0.15) is 0 Å². The minimum absolute atomic E-state index is 0.0239. The molecule has 0 spiro atoms. The van der Waals surface area contributed by atoms with E-state index in [0.717, 1.165) is 17.8 Å². The number of aliphatic imine (C=N–C) groups is 1. The number of amidine groups is 1. The first-order valence-corrected chi connectivity index (χ1v) is 13.5. The Morgan fingerprint density at radius 3 is 2.83 bits per heavy atom. The summed E-state index contributed by atoms with van der Waals surface area (Å²) in [6.45, 7) is 4.03. The molecule has 2 heterocycles. The molecule has 0 saturated heterocycles. The van der Waals surface area contributed by atoms with E-state index in [2.05, 4.69) is 26.7 Å². The molecule has 8 nitrogen and oxygen atoms in total. The molecule has 10 heteroatoms. The van der Waals surface area contributed by atoms with Gasteiger partial charge in [0.2, 0.25) is 0 Å². The number of hydrogen-bond acceptors (Lipinski definition) is 7. The molecular weight excluding hydrogens is 516 g/mol. The standard InChI is InChI=1S/C30H35F2N5O3/c1-33-40-27(30-35-25-15-12-23(32)20-26(25)36-30)16-9-21-6-4-5-19-37(24-13-10-22(31)11-14-24)28(34-18-17-21)7-2-3-8-29(38)39/h4-6,10-13,15,17-18,20,24,27,29,38-39H,1-3,7-9,14,16,19H2,(H,35,36)/b5-4+,18-17+,21-6-,34-28-. The molecule has 40 heavy (non-hydrogen) atoms. The van der Waals surface area contributed by atoms with Crippen molar-refractivity contribution in [1.29, 1.82) is 0 Å². The van der Waals surface area contributed by atoms with Gasteiger partial charge in [-0.25, -0.2) is 18.8 Å². The Morgan fingerprint density at radius 1 is 1.18 bits per heavy atom. The highest BCUT2D eigenvalue weighted by Gasteiger charge is 2.21. The van der Waals surface area contributed by atoms with Crippen LogP contribution in [0.15, 0.2) is 88.5 Å². The van der Waals surface area contributed by atoms with Crippen LogP contribution in [0, 0.1) is 5.82 Å². The van der Waals surface area contributed by atoms with Gasteiger partial charge in [-0.3, -0.25) is 0 Å². The van der Waals surface area contributed by atoms with Gasteiger partial charge in [0.25, 0.3) is 0 Å². The first-order chi connectivity index (χ1) is 19.4. The van der Waals surface area contributed by atoms with Crippen LogP contribution in [0.4, 0.5) is 8.78 Å². The molecule has 0 radical (unpaired) electrons. The minimum Gasteiger partial charge on any atom is -0.385 e. The first-order valence-electron chi connectivity index (χ1n) is 13.5. The molecule has 0 fully saturated rings. The number of aliphatic hydroxyl groups excluding tert-OH is 1. The van der Waals surface area contributed by atoms with Crippen LogP contribution in [-0.2, 0) is 4.84 Å². The lowest BCUT2D eigenvalue weighted by molar-refractivity contribution is -0.0464. The number of aromatic amines is 1. The van der Waals surface area contributed by atoms with Crippen LogP contribution in [0.3, 0.4) is 0 Å². The van der Waals surface area contributed by atoms with E-state index in [4.69, 9.17) is 9.83 Å². The van der Waals surface area contributed by atoms with Gasteiger partial charge in [0.05, 0.1) is 17.1 Å². The van der Waals surface area contributed by atoms with Gasteiger partial charge >= 0.3 is 0 Å². The second-order valence-electron chi connectivity index (χ2n) is 9.71. The van der Waals surface area contributed by atoms with Crippen LogP contribution in [0.25, 0.3) is 11.0 Å². The number of hydrogen-bond donors (Lipinski definition) is 3. The lowest BCUT2D eigenvalue weighted by Gasteiger charge is -2.32. The normalized spacial score (nSPS) is 22.7. The molecular formula is C30H35F2N5O3. The Kier molecular flexibility index (Phi) is 10.5. The van der Waals surface area contributed by atoms with Crippen molar-refractivity contribution in [3.63, 3.8) is 0 Å². The molecule has 3 N–H and O–H groups in total. The summed E-state index contributed by atoms with van der Waals surface area (Å²) in [7, 11) is 0. The molecule has 2 unspecified atom stereocenters. The number of imidazole rings is 1. The van der Waals surface area contributed by atoms with E-state index in [1.807, 2.05) is 30.4 Å². The highest BCUT2D eigenvalue weighted by atomic mass is 19.1. The summed E-state index contributed by atoms with van der Waals surface area (Å²) in [5.41, 5.74) is 2.23. The van der Waals surface area contributed by atoms with E-state index < -0.39 is 12.4 Å². The zero-order valence-electron chi connectivity index (χ0n) is 22.3. The molecule has 1 aliphatic carbocycles. The van der Waals surface area contributed by atoms with Gasteiger partial charge in [0.15, 0.2) is 18.2 Å². The number of nitrogens with zero attached hydrogens (tertiary/aromatic N) is 4. The lowest BCUT2D eigenvalue weighted by Crippen LogP contribution is -2.39. The van der Waals surface area contributed by atoms with Crippen molar-refractivity contribution in [3.05, 3.63) is 90.0 Å². The van der Waals surface area contributed by atoms with Crippen molar-refractivity contribution < 1.29 is 23.8 Å². The van der Waals surface area contributed by atoms with Crippen molar-refractivity contribution in [2.45, 2.75) is 63.4 Å². The van der Waals surface area contributed by atoms with E-state index in [0.29, 0.717) is 61.9 Å². The van der Waals surface area contributed by atoms with E-state index in [1.54, 1.807) is 18.3 Å². The molecule has 0 saturated carbocycles. The van der Waals surface area contributed by atoms with E-state index in [1.165, 1.54) is 18.2 Å². The fraction of sp³-hybridized carbons (Fsp3) is 0.367. The topological polar surface area (TPSA) is 106 Å². The second-order valence-corrected chi connectivity index (χ2v) is 9.71. The lowest BCUT2D eigenvalue weighted by atomic mass is 10.0. The summed E-state index contributed by atoms with van der Waals surface area (Å²) < 4.78 is 27.2. The smallest absolute Gasteiger partial charge is 0.184 e. The monoisotopic (exact) mass is 551 g/mol. The second kappa shape index (κ2) is 14.5. The fourth-order valence-corrected chi connectivity index (χ4v) is 4.73. The molecule has 1 aromatic carbocycles. The maximum Gasteiger partial charge on any atom is 0.184 e. The Bertz CT molecular complexity index is 1340. The third kappa shape index (κ3) is 8.30. The molecule has 1 aliphatic heterocycles. The average Bonchev–Trinajstić information content (AvgIpc) is 3.36. The minimum atomic E-state index is -1.32. The van der Waals surface area contributed by atoms with Gasteiger partial charge in [-0.1, -0.05) is 24.3 Å². The maximum absolute atomic E-state index is 13.6. The van der Waals surface area contributed by atoms with Crippen LogP contribution in [0.5, 0.6) is 0 Å². The molecule has 4 rings (SSSR count). The maximum atomic E-state index is 13.6. The third-order valence-electron chi connectivity index (χ3n) is 6.80. The highest BCUT2D eigenvalue weighted by Crippen LogP contribution is 2.26. The number of fused-ring (bicyclic) bond motifs is 1. The Balaban J connectivity index is 1.48. The van der Waals surface area contributed by atoms with Crippen LogP contribution in [0.2, 0.25) is 0 Å². The largest absolute Gasteiger partial charge is 0.385 e. The number of halogens is 2. The summed E-state index contributed by atoms with van der Waals surface area (Å²) in [5, 5.41) is 22.0. The Labute approximate surface area is 232 Å². The van der Waals surface area contributed by atoms with Crippen LogP contribution in [0.1, 0.15) is 56.9 Å². The number of oxime groups is 1. The number of rotatable bonds is 12. The number of benzene rings is 1. The van der Waals surface area contributed by atoms with Gasteiger partial charge in [0.1, 0.15) is 17.5 Å². The molecule has 2 aromatic rings. The summed E-state index contributed by atoms with van der Waals surface area (Å²) in [6, 6.07) is 4.34. The predicted octanol–water partition coefficient (Wildman–Crippen LogP) is 5.92. The number of allylic oxidation sites excluding steroid dienone is 6. The van der Waals surface area contributed by atoms with Crippen molar-refractivity contribution in [2.24, 2.45) is 10.1 Å². The molecule has 0 amide bonds. The number of aliphatic hydroxyl groups is 2. The van der Waals surface area contributed by atoms with E-state index in [-0.39, 0.29) is 17.7 Å². The third-order valence-corrected chi connectivity index (χ3v) is 6.80. The quantitative estimate of drug-likeness (QED) is 0.131. The molecule has 212 valence electrons. The van der Waals surface area contributed by atoms with Gasteiger partial charge in [-0.05, 0) is 80.5 Å². The number of nitrogens with one attached hydrogen (secondary N) is 1. The molecule has 0 bridgehead atoms. The van der Waals surface area contributed by atoms with E-state index in [9.17, 15) is 19.0 Å². The predicted molar refractivity (Wildman–Crippen MR) is 153 cm³/mol. The summed E-state index contributed by atoms with van der Waals surface area (Å²) in [4.78, 5) is 20.1.